The molecule has 0 aromatic rings. The molecule has 0 saturated carbocycles. The number of hydrogen-bond acceptors (Lipinski definition) is 4. The van der Waals surface area contributed by atoms with Gasteiger partial charge in [-0.3, -0.25) is 4.90 Å². The van der Waals surface area contributed by atoms with Crippen molar-refractivity contribution in [2.75, 3.05) is 31.1 Å². The lowest BCUT2D eigenvalue weighted by Crippen LogP contribution is -2.47. The number of nitrogens with zero attached hydrogens (tertiary/aromatic N) is 1. The van der Waals surface area contributed by atoms with E-state index in [0.29, 0.717) is 18.1 Å². The molecule has 0 aromatic carbocycles. The van der Waals surface area contributed by atoms with Gasteiger partial charge in [0.05, 0.1) is 11.5 Å². The Morgan fingerprint density at radius 3 is 2.47 bits per heavy atom. The molecule has 1 unspecified atom stereocenters. The Morgan fingerprint density at radius 2 is 1.89 bits per heavy atom. The minimum Gasteiger partial charge on any atom is -0.312 e. The predicted molar refractivity (Wildman–Crippen MR) is 81.3 cm³/mol. The highest BCUT2D eigenvalue weighted by Crippen LogP contribution is 2.12. The van der Waals surface area contributed by atoms with Gasteiger partial charge in [-0.05, 0) is 53.6 Å². The summed E-state index contributed by atoms with van der Waals surface area (Å²) in [6.07, 6.45) is 3.56. The first-order valence-electron chi connectivity index (χ1n) is 7.39. The average molecular weight is 290 g/mol. The number of hydrogen-bond donors (Lipinski definition) is 1. The minimum absolute atomic E-state index is 0.187. The van der Waals surface area contributed by atoms with Crippen LogP contribution >= 0.6 is 0 Å². The van der Waals surface area contributed by atoms with Gasteiger partial charge in [0.25, 0.3) is 0 Å². The highest BCUT2D eigenvalue weighted by molar-refractivity contribution is 7.91. The maximum atomic E-state index is 11.5. The Bertz CT molecular complexity index is 360. The Kier molecular flexibility index (Phi) is 6.27. The molecule has 4 nitrogen and oxygen atoms in total. The minimum atomic E-state index is -2.77. The lowest BCUT2D eigenvalue weighted by Gasteiger charge is -2.33. The molecule has 1 heterocycles. The molecule has 1 aliphatic heterocycles. The molecule has 0 spiro atoms. The fourth-order valence-electron chi connectivity index (χ4n) is 2.45. The molecule has 0 aliphatic carbocycles. The van der Waals surface area contributed by atoms with Crippen LogP contribution in [-0.2, 0) is 9.84 Å². The monoisotopic (exact) mass is 290 g/mol. The van der Waals surface area contributed by atoms with Gasteiger partial charge in [0.15, 0.2) is 9.84 Å². The Balaban J connectivity index is 2.10. The standard InChI is InChI=1S/C14H30N2O2S/c1-13-12-19(17,18)11-10-16(13)9-7-5-6-8-15-14(2,3)4/h13,15H,5-12H2,1-4H3. The van der Waals surface area contributed by atoms with Crippen molar-refractivity contribution in [2.24, 2.45) is 0 Å². The van der Waals surface area contributed by atoms with Gasteiger partial charge in [0, 0.05) is 18.1 Å². The highest BCUT2D eigenvalue weighted by atomic mass is 32.2. The zero-order chi connectivity index (χ0) is 14.5. The largest absolute Gasteiger partial charge is 0.312 e. The SMILES string of the molecule is CC1CS(=O)(=O)CCN1CCCCCNC(C)(C)C. The molecule has 5 heteroatoms. The first-order chi connectivity index (χ1) is 8.70. The first kappa shape index (κ1) is 16.9. The van der Waals surface area contributed by atoms with Crippen molar-refractivity contribution in [1.29, 1.82) is 0 Å². The molecule has 1 fully saturated rings. The molecule has 0 radical (unpaired) electrons. The van der Waals surface area contributed by atoms with Crippen LogP contribution in [0.1, 0.15) is 47.0 Å². The second-order valence-electron chi connectivity index (χ2n) is 6.74. The Labute approximate surface area is 118 Å². The van der Waals surface area contributed by atoms with E-state index in [1.807, 2.05) is 6.92 Å². The maximum absolute atomic E-state index is 11.5. The molecule has 1 aliphatic rings. The lowest BCUT2D eigenvalue weighted by atomic mass is 10.1. The fourth-order valence-corrected chi connectivity index (χ4v) is 4.07. The number of sulfone groups is 1. The van der Waals surface area contributed by atoms with E-state index in [1.165, 1.54) is 12.8 Å². The van der Waals surface area contributed by atoms with E-state index >= 15 is 0 Å². The van der Waals surface area contributed by atoms with Gasteiger partial charge in [0.2, 0.25) is 0 Å². The second kappa shape index (κ2) is 7.04. The third kappa shape index (κ3) is 7.28. The van der Waals surface area contributed by atoms with Gasteiger partial charge >= 0.3 is 0 Å². The third-order valence-electron chi connectivity index (χ3n) is 3.59. The zero-order valence-electron chi connectivity index (χ0n) is 12.9. The van der Waals surface area contributed by atoms with Gasteiger partial charge in [0.1, 0.15) is 0 Å². The lowest BCUT2D eigenvalue weighted by molar-refractivity contribution is 0.221. The third-order valence-corrected chi connectivity index (χ3v) is 5.38. The van der Waals surface area contributed by atoms with Crippen LogP contribution in [0.3, 0.4) is 0 Å². The summed E-state index contributed by atoms with van der Waals surface area (Å²) >= 11 is 0. The summed E-state index contributed by atoms with van der Waals surface area (Å²) in [4.78, 5) is 2.32. The normalized spacial score (nSPS) is 24.5. The first-order valence-corrected chi connectivity index (χ1v) is 9.21. The topological polar surface area (TPSA) is 49.4 Å². The van der Waals surface area contributed by atoms with E-state index in [0.717, 1.165) is 19.5 Å². The average Bonchev–Trinajstić information content (AvgIpc) is 2.23. The van der Waals surface area contributed by atoms with Crippen molar-refractivity contribution in [3.8, 4) is 0 Å². The molecular formula is C14H30N2O2S. The number of nitrogens with one attached hydrogen (secondary N) is 1. The van der Waals surface area contributed by atoms with Crippen molar-refractivity contribution in [3.05, 3.63) is 0 Å². The van der Waals surface area contributed by atoms with Crippen LogP contribution in [-0.4, -0.2) is 56.0 Å². The van der Waals surface area contributed by atoms with Gasteiger partial charge in [-0.1, -0.05) is 6.42 Å². The summed E-state index contributed by atoms with van der Waals surface area (Å²) in [6.45, 7) is 11.4. The van der Waals surface area contributed by atoms with E-state index in [2.05, 4.69) is 31.0 Å². The summed E-state index contributed by atoms with van der Waals surface area (Å²) in [5.41, 5.74) is 0.204. The molecule has 0 amide bonds. The molecule has 0 aromatic heterocycles. The predicted octanol–water partition coefficient (Wildman–Crippen LogP) is 1.66. The molecule has 114 valence electrons. The van der Waals surface area contributed by atoms with Crippen LogP contribution in [0.25, 0.3) is 0 Å². The van der Waals surface area contributed by atoms with Crippen molar-refractivity contribution in [2.45, 2.75) is 58.5 Å². The summed E-state index contributed by atoms with van der Waals surface area (Å²) in [7, 11) is -2.77. The molecule has 0 bridgehead atoms. The van der Waals surface area contributed by atoms with E-state index in [-0.39, 0.29) is 11.6 Å². The molecule has 1 atom stereocenters. The van der Waals surface area contributed by atoms with Crippen molar-refractivity contribution < 1.29 is 8.42 Å². The van der Waals surface area contributed by atoms with Crippen LogP contribution in [0, 0.1) is 0 Å². The van der Waals surface area contributed by atoms with Crippen molar-refractivity contribution in [1.82, 2.24) is 10.2 Å². The molecule has 1 rings (SSSR count). The van der Waals surface area contributed by atoms with Crippen molar-refractivity contribution >= 4 is 9.84 Å². The van der Waals surface area contributed by atoms with Crippen molar-refractivity contribution in [3.63, 3.8) is 0 Å². The smallest absolute Gasteiger partial charge is 0.153 e. The van der Waals surface area contributed by atoms with E-state index in [4.69, 9.17) is 0 Å². The fraction of sp³-hybridized carbons (Fsp3) is 1.00. The number of unbranched alkanes of at least 4 members (excludes halogenated alkanes) is 2. The van der Waals surface area contributed by atoms with Gasteiger partial charge in [-0.25, -0.2) is 8.42 Å². The van der Waals surface area contributed by atoms with E-state index in [9.17, 15) is 8.42 Å². The van der Waals surface area contributed by atoms with E-state index in [1.54, 1.807) is 0 Å². The summed E-state index contributed by atoms with van der Waals surface area (Å²) in [5, 5.41) is 3.49. The molecular weight excluding hydrogens is 260 g/mol. The van der Waals surface area contributed by atoms with Crippen LogP contribution in [0.5, 0.6) is 0 Å². The van der Waals surface area contributed by atoms with Crippen LogP contribution in [0.4, 0.5) is 0 Å². The zero-order valence-corrected chi connectivity index (χ0v) is 13.7. The van der Waals surface area contributed by atoms with E-state index < -0.39 is 9.84 Å². The van der Waals surface area contributed by atoms with Crippen LogP contribution in [0.2, 0.25) is 0 Å². The Hall–Kier alpha value is -0.130. The molecule has 19 heavy (non-hydrogen) atoms. The second-order valence-corrected chi connectivity index (χ2v) is 8.97. The molecule has 1 saturated heterocycles. The number of rotatable bonds is 6. The summed E-state index contributed by atoms with van der Waals surface area (Å²) in [5.74, 6) is 0.668. The van der Waals surface area contributed by atoms with Crippen LogP contribution < -0.4 is 5.32 Å². The van der Waals surface area contributed by atoms with Gasteiger partial charge in [-0.2, -0.15) is 0 Å². The molecule has 1 N–H and O–H groups in total. The summed E-state index contributed by atoms with van der Waals surface area (Å²) in [6, 6.07) is 0.187. The Morgan fingerprint density at radius 1 is 1.21 bits per heavy atom. The highest BCUT2D eigenvalue weighted by Gasteiger charge is 2.27. The maximum Gasteiger partial charge on any atom is 0.153 e. The van der Waals surface area contributed by atoms with Crippen LogP contribution in [0.15, 0.2) is 0 Å². The van der Waals surface area contributed by atoms with Gasteiger partial charge < -0.3 is 5.32 Å². The summed E-state index contributed by atoms with van der Waals surface area (Å²) < 4.78 is 23.0. The van der Waals surface area contributed by atoms with Gasteiger partial charge in [-0.15, -0.1) is 0 Å². The quantitative estimate of drug-likeness (QED) is 0.756.